The second-order valence-electron chi connectivity index (χ2n) is 3.71. The highest BCUT2D eigenvalue weighted by Gasteiger charge is 2.19. The Morgan fingerprint density at radius 1 is 0.769 bits per heavy atom. The first-order chi connectivity index (χ1) is 6.43. The van der Waals surface area contributed by atoms with Crippen molar-refractivity contribution < 1.29 is 4.74 Å². The lowest BCUT2D eigenvalue weighted by Gasteiger charge is -2.14. The third kappa shape index (κ3) is 1.15. The van der Waals surface area contributed by atoms with Crippen LogP contribution in [0.15, 0.2) is 0 Å². The van der Waals surface area contributed by atoms with Gasteiger partial charge in [-0.15, -0.1) is 0 Å². The van der Waals surface area contributed by atoms with Gasteiger partial charge in [-0.25, -0.2) is 0 Å². The molecule has 1 aliphatic carbocycles. The van der Waals surface area contributed by atoms with Gasteiger partial charge in [0.1, 0.15) is 0 Å². The quantitative estimate of drug-likeness (QED) is 0.599. The Balaban J connectivity index is 2.11. The van der Waals surface area contributed by atoms with E-state index in [1.165, 1.54) is 24.2 Å². The van der Waals surface area contributed by atoms with Crippen LogP contribution in [-0.2, 0) is 30.8 Å². The summed E-state index contributed by atoms with van der Waals surface area (Å²) >= 11 is 0. The number of rotatable bonds is 0. The average Bonchev–Trinajstić information content (AvgIpc) is 2.61. The van der Waals surface area contributed by atoms with Gasteiger partial charge in [-0.3, -0.25) is 9.97 Å². The van der Waals surface area contributed by atoms with Crippen molar-refractivity contribution in [3.63, 3.8) is 0 Å². The molecule has 0 aromatic carbocycles. The molecule has 0 amide bonds. The fourth-order valence-electron chi connectivity index (χ4n) is 2.04. The Bertz CT molecular complexity index is 316. The lowest BCUT2D eigenvalue weighted by Crippen LogP contribution is -2.10. The van der Waals surface area contributed by atoms with Crippen LogP contribution in [0.25, 0.3) is 0 Å². The van der Waals surface area contributed by atoms with Crippen molar-refractivity contribution in [1.29, 1.82) is 0 Å². The van der Waals surface area contributed by atoms with Crippen LogP contribution < -0.4 is 0 Å². The number of fused-ring (bicyclic) bond motifs is 2. The summed E-state index contributed by atoms with van der Waals surface area (Å²) in [7, 11) is 0. The van der Waals surface area contributed by atoms with E-state index in [-0.39, 0.29) is 0 Å². The summed E-state index contributed by atoms with van der Waals surface area (Å²) in [5, 5.41) is 0. The number of hydrogen-bond acceptors (Lipinski definition) is 3. The van der Waals surface area contributed by atoms with Crippen LogP contribution >= 0.6 is 0 Å². The second-order valence-corrected chi connectivity index (χ2v) is 3.71. The monoisotopic (exact) mass is 176 g/mol. The van der Waals surface area contributed by atoms with E-state index in [2.05, 4.69) is 9.97 Å². The van der Waals surface area contributed by atoms with Crippen LogP contribution in [0.1, 0.15) is 35.6 Å². The average molecular weight is 176 g/mol. The fourth-order valence-corrected chi connectivity index (χ4v) is 2.04. The number of ether oxygens (including phenoxy) is 1. The van der Waals surface area contributed by atoms with Gasteiger partial charge in [0.25, 0.3) is 0 Å². The maximum Gasteiger partial charge on any atom is 0.0912 e. The zero-order valence-electron chi connectivity index (χ0n) is 7.55. The molecule has 1 aromatic rings. The predicted octanol–water partition coefficient (Wildman–Crippen LogP) is 1.39. The molecule has 2 aliphatic rings. The van der Waals surface area contributed by atoms with E-state index in [1.54, 1.807) is 0 Å². The molecular weight excluding hydrogens is 164 g/mol. The Hall–Kier alpha value is -0.960. The molecular formula is C10H12N2O. The molecule has 0 atom stereocenters. The molecule has 0 saturated carbocycles. The maximum atomic E-state index is 5.31. The first kappa shape index (κ1) is 7.44. The normalized spacial score (nSPS) is 19.7. The highest BCUT2D eigenvalue weighted by atomic mass is 16.5. The van der Waals surface area contributed by atoms with Gasteiger partial charge >= 0.3 is 0 Å². The Labute approximate surface area is 77.2 Å². The van der Waals surface area contributed by atoms with Crippen molar-refractivity contribution >= 4 is 0 Å². The van der Waals surface area contributed by atoms with Gasteiger partial charge in [0.05, 0.1) is 36.0 Å². The third-order valence-electron chi connectivity index (χ3n) is 2.76. The van der Waals surface area contributed by atoms with E-state index in [0.29, 0.717) is 13.2 Å². The third-order valence-corrected chi connectivity index (χ3v) is 2.76. The largest absolute Gasteiger partial charge is 0.369 e. The zero-order valence-corrected chi connectivity index (χ0v) is 7.55. The zero-order chi connectivity index (χ0) is 8.67. The van der Waals surface area contributed by atoms with E-state index < -0.39 is 0 Å². The summed E-state index contributed by atoms with van der Waals surface area (Å²) in [6, 6.07) is 0. The Morgan fingerprint density at radius 2 is 1.31 bits per heavy atom. The summed E-state index contributed by atoms with van der Waals surface area (Å²) in [6.45, 7) is 1.32. The minimum Gasteiger partial charge on any atom is -0.369 e. The molecule has 0 saturated heterocycles. The molecule has 3 nitrogen and oxygen atoms in total. The van der Waals surface area contributed by atoms with Gasteiger partial charge < -0.3 is 4.74 Å². The molecule has 0 fully saturated rings. The van der Waals surface area contributed by atoms with Crippen molar-refractivity contribution in [3.8, 4) is 0 Å². The number of hydrogen-bond donors (Lipinski definition) is 0. The molecule has 2 heterocycles. The topological polar surface area (TPSA) is 35.0 Å². The van der Waals surface area contributed by atoms with Crippen LogP contribution in [-0.4, -0.2) is 9.97 Å². The standard InChI is InChI=1S/C10H12N2O/c1-2-4-8-7(3-1)11-9-5-13-6-10(9)12-8/h1-6H2. The van der Waals surface area contributed by atoms with Crippen LogP contribution in [0, 0.1) is 0 Å². The predicted molar refractivity (Wildman–Crippen MR) is 47.2 cm³/mol. The molecule has 3 heteroatoms. The SMILES string of the molecule is C1CCc2nc3c(nc2C1)COC3. The molecule has 0 bridgehead atoms. The van der Waals surface area contributed by atoms with E-state index in [0.717, 1.165) is 24.2 Å². The van der Waals surface area contributed by atoms with Crippen LogP contribution in [0.5, 0.6) is 0 Å². The van der Waals surface area contributed by atoms with Crippen molar-refractivity contribution in [2.24, 2.45) is 0 Å². The van der Waals surface area contributed by atoms with Gasteiger partial charge in [-0.1, -0.05) is 0 Å². The lowest BCUT2D eigenvalue weighted by molar-refractivity contribution is 0.132. The number of aromatic nitrogens is 2. The van der Waals surface area contributed by atoms with Crippen molar-refractivity contribution in [3.05, 3.63) is 22.8 Å². The Kier molecular flexibility index (Phi) is 1.59. The molecule has 68 valence electrons. The smallest absolute Gasteiger partial charge is 0.0912 e. The lowest BCUT2D eigenvalue weighted by atomic mass is 10.0. The van der Waals surface area contributed by atoms with E-state index >= 15 is 0 Å². The number of nitrogens with zero attached hydrogens (tertiary/aromatic N) is 2. The molecule has 1 aliphatic heterocycles. The fraction of sp³-hybridized carbons (Fsp3) is 0.600. The maximum absolute atomic E-state index is 5.31. The van der Waals surface area contributed by atoms with Crippen molar-refractivity contribution in [1.82, 2.24) is 9.97 Å². The summed E-state index contributed by atoms with van der Waals surface area (Å²) in [4.78, 5) is 9.21. The van der Waals surface area contributed by atoms with E-state index in [4.69, 9.17) is 4.74 Å². The molecule has 0 spiro atoms. The summed E-state index contributed by atoms with van der Waals surface area (Å²) in [5.74, 6) is 0. The highest BCUT2D eigenvalue weighted by molar-refractivity contribution is 5.23. The van der Waals surface area contributed by atoms with Crippen molar-refractivity contribution in [2.45, 2.75) is 38.9 Å². The summed E-state index contributed by atoms with van der Waals surface area (Å²) in [6.07, 6.45) is 4.74. The Morgan fingerprint density at radius 3 is 1.85 bits per heavy atom. The molecule has 1 aromatic heterocycles. The van der Waals surface area contributed by atoms with Gasteiger partial charge in [-0.05, 0) is 25.7 Å². The first-order valence-corrected chi connectivity index (χ1v) is 4.89. The minimum absolute atomic E-state index is 0.662. The van der Waals surface area contributed by atoms with Crippen LogP contribution in [0.4, 0.5) is 0 Å². The second kappa shape index (κ2) is 2.77. The highest BCUT2D eigenvalue weighted by Crippen LogP contribution is 2.22. The molecule has 3 rings (SSSR count). The molecule has 13 heavy (non-hydrogen) atoms. The van der Waals surface area contributed by atoms with Crippen LogP contribution in [0.2, 0.25) is 0 Å². The van der Waals surface area contributed by atoms with Gasteiger partial charge in [-0.2, -0.15) is 0 Å². The molecule has 0 N–H and O–H groups in total. The number of aryl methyl sites for hydroxylation is 2. The van der Waals surface area contributed by atoms with Gasteiger partial charge in [0.2, 0.25) is 0 Å². The summed E-state index contributed by atoms with van der Waals surface area (Å²) < 4.78 is 5.31. The van der Waals surface area contributed by atoms with E-state index in [9.17, 15) is 0 Å². The molecule has 0 unspecified atom stereocenters. The molecule has 0 radical (unpaired) electrons. The summed E-state index contributed by atoms with van der Waals surface area (Å²) in [5.41, 5.74) is 4.58. The van der Waals surface area contributed by atoms with Gasteiger partial charge in [0.15, 0.2) is 0 Å². The van der Waals surface area contributed by atoms with Gasteiger partial charge in [0, 0.05) is 0 Å². The van der Waals surface area contributed by atoms with Crippen LogP contribution in [0.3, 0.4) is 0 Å². The minimum atomic E-state index is 0.662. The van der Waals surface area contributed by atoms with Crippen molar-refractivity contribution in [2.75, 3.05) is 0 Å². The van der Waals surface area contributed by atoms with E-state index in [1.807, 2.05) is 0 Å². The first-order valence-electron chi connectivity index (χ1n) is 4.89.